The number of benzene rings is 2. The van der Waals surface area contributed by atoms with Gasteiger partial charge in [-0.05, 0) is 29.3 Å². The van der Waals surface area contributed by atoms with E-state index in [9.17, 15) is 4.79 Å². The fourth-order valence-electron chi connectivity index (χ4n) is 2.68. The van der Waals surface area contributed by atoms with Crippen LogP contribution >= 0.6 is 0 Å². The lowest BCUT2D eigenvalue weighted by Gasteiger charge is -2.05. The Morgan fingerprint density at radius 3 is 2.76 bits per heavy atom. The molecule has 0 fully saturated rings. The second-order valence-electron chi connectivity index (χ2n) is 5.78. The number of carbonyl (C=O) groups is 1. The van der Waals surface area contributed by atoms with Gasteiger partial charge in [-0.25, -0.2) is 9.78 Å². The van der Waals surface area contributed by atoms with Gasteiger partial charge in [-0.3, -0.25) is 0 Å². The smallest absolute Gasteiger partial charge is 0.330 e. The molecule has 0 aliphatic carbocycles. The third kappa shape index (κ3) is 4.14. The summed E-state index contributed by atoms with van der Waals surface area (Å²) in [6, 6.07) is 16.2. The molecule has 3 aromatic rings. The first-order chi connectivity index (χ1) is 12.2. The Hall–Kier alpha value is -2.92. The Morgan fingerprint density at radius 2 is 2.00 bits per heavy atom. The van der Waals surface area contributed by atoms with Gasteiger partial charge in [-0.1, -0.05) is 36.4 Å². The summed E-state index contributed by atoms with van der Waals surface area (Å²) < 4.78 is 6.69. The summed E-state index contributed by atoms with van der Waals surface area (Å²) in [7, 11) is 3.38. The lowest BCUT2D eigenvalue weighted by Crippen LogP contribution is -2.15. The van der Waals surface area contributed by atoms with E-state index in [1.165, 1.54) is 18.7 Å². The molecule has 2 aromatic carbocycles. The van der Waals surface area contributed by atoms with E-state index in [2.05, 4.69) is 26.8 Å². The van der Waals surface area contributed by atoms with Crippen LogP contribution in [-0.4, -0.2) is 22.6 Å². The second kappa shape index (κ2) is 7.77. The molecular formula is C20H21N3O2. The molecule has 5 nitrogen and oxygen atoms in total. The number of ether oxygens (including phenoxy) is 1. The minimum Gasteiger partial charge on any atom is -0.466 e. The van der Waals surface area contributed by atoms with E-state index < -0.39 is 0 Å². The number of carbonyl (C=O) groups excluding carboxylic acids is 1. The number of imidazole rings is 1. The molecule has 0 atom stereocenters. The Bertz CT molecular complexity index is 898. The molecule has 25 heavy (non-hydrogen) atoms. The van der Waals surface area contributed by atoms with Crippen molar-refractivity contribution in [3.8, 4) is 0 Å². The lowest BCUT2D eigenvalue weighted by molar-refractivity contribution is -0.134. The maximum Gasteiger partial charge on any atom is 0.330 e. The van der Waals surface area contributed by atoms with Crippen molar-refractivity contribution in [2.45, 2.75) is 13.1 Å². The topological polar surface area (TPSA) is 56.1 Å². The first-order valence-corrected chi connectivity index (χ1v) is 8.13. The van der Waals surface area contributed by atoms with Crippen LogP contribution in [0.5, 0.6) is 0 Å². The van der Waals surface area contributed by atoms with E-state index in [1.807, 2.05) is 43.4 Å². The number of nitrogens with one attached hydrogen (secondary N) is 1. The van der Waals surface area contributed by atoms with E-state index >= 15 is 0 Å². The molecule has 0 amide bonds. The highest BCUT2D eigenvalue weighted by atomic mass is 16.5. The predicted molar refractivity (Wildman–Crippen MR) is 98.7 cm³/mol. The Balaban J connectivity index is 1.72. The van der Waals surface area contributed by atoms with Crippen molar-refractivity contribution in [2.24, 2.45) is 7.05 Å². The van der Waals surface area contributed by atoms with Gasteiger partial charge < -0.3 is 14.6 Å². The van der Waals surface area contributed by atoms with Crippen molar-refractivity contribution >= 4 is 23.1 Å². The lowest BCUT2D eigenvalue weighted by atomic mass is 10.2. The number of hydrogen-bond donors (Lipinski definition) is 1. The molecule has 3 rings (SSSR count). The van der Waals surface area contributed by atoms with Gasteiger partial charge in [0.1, 0.15) is 5.82 Å². The molecule has 0 aliphatic rings. The van der Waals surface area contributed by atoms with Crippen molar-refractivity contribution in [1.82, 2.24) is 14.9 Å². The van der Waals surface area contributed by atoms with Gasteiger partial charge >= 0.3 is 5.97 Å². The highest BCUT2D eigenvalue weighted by Crippen LogP contribution is 2.18. The highest BCUT2D eigenvalue weighted by Gasteiger charge is 2.07. The second-order valence-corrected chi connectivity index (χ2v) is 5.78. The van der Waals surface area contributed by atoms with E-state index in [1.54, 1.807) is 6.08 Å². The summed E-state index contributed by atoms with van der Waals surface area (Å²) in [5, 5.41) is 3.42. The Labute approximate surface area is 146 Å². The molecule has 0 radical (unpaired) electrons. The minimum absolute atomic E-state index is 0.369. The summed E-state index contributed by atoms with van der Waals surface area (Å²) >= 11 is 0. The maximum absolute atomic E-state index is 11.2. The third-order valence-electron chi connectivity index (χ3n) is 4.07. The van der Waals surface area contributed by atoms with Gasteiger partial charge in [0.15, 0.2) is 0 Å². The van der Waals surface area contributed by atoms with Crippen LogP contribution in [-0.2, 0) is 29.7 Å². The fraction of sp³-hybridized carbons (Fsp3) is 0.200. The Kier molecular flexibility index (Phi) is 5.26. The van der Waals surface area contributed by atoms with E-state index in [0.29, 0.717) is 6.54 Å². The number of hydrogen-bond acceptors (Lipinski definition) is 4. The SMILES string of the molecule is COC(=O)C=Cc1ccc2c(c1)nc(CNCc1ccccc1)n2C. The number of rotatable bonds is 6. The number of fused-ring (bicyclic) bond motifs is 1. The van der Waals surface area contributed by atoms with Crippen LogP contribution in [0.25, 0.3) is 17.1 Å². The van der Waals surface area contributed by atoms with Gasteiger partial charge in [-0.2, -0.15) is 0 Å². The summed E-state index contributed by atoms with van der Waals surface area (Å²) in [5.74, 6) is 0.604. The number of aromatic nitrogens is 2. The zero-order valence-corrected chi connectivity index (χ0v) is 14.4. The molecule has 1 aromatic heterocycles. The molecule has 1 heterocycles. The van der Waals surface area contributed by atoms with Gasteiger partial charge in [0.25, 0.3) is 0 Å². The predicted octanol–water partition coefficient (Wildman–Crippen LogP) is 3.05. The average molecular weight is 335 g/mol. The molecule has 0 saturated heterocycles. The quantitative estimate of drug-likeness (QED) is 0.556. The first kappa shape index (κ1) is 16.9. The van der Waals surface area contributed by atoms with Crippen molar-refractivity contribution in [3.05, 3.63) is 71.6 Å². The number of aryl methyl sites for hydroxylation is 1. The molecule has 0 unspecified atom stereocenters. The van der Waals surface area contributed by atoms with Crippen LogP contribution < -0.4 is 5.32 Å². The fourth-order valence-corrected chi connectivity index (χ4v) is 2.68. The van der Waals surface area contributed by atoms with Crippen molar-refractivity contribution in [1.29, 1.82) is 0 Å². The minimum atomic E-state index is -0.369. The van der Waals surface area contributed by atoms with E-state index in [4.69, 9.17) is 4.98 Å². The van der Waals surface area contributed by atoms with Crippen LogP contribution in [0.2, 0.25) is 0 Å². The van der Waals surface area contributed by atoms with Crippen LogP contribution in [0, 0.1) is 0 Å². The summed E-state index contributed by atoms with van der Waals surface area (Å²) in [6.07, 6.45) is 3.14. The summed E-state index contributed by atoms with van der Waals surface area (Å²) in [5.41, 5.74) is 4.13. The van der Waals surface area contributed by atoms with Crippen molar-refractivity contribution in [2.75, 3.05) is 7.11 Å². The average Bonchev–Trinajstić information content (AvgIpc) is 2.96. The summed E-state index contributed by atoms with van der Waals surface area (Å²) in [4.78, 5) is 15.9. The number of nitrogens with zero attached hydrogens (tertiary/aromatic N) is 2. The van der Waals surface area contributed by atoms with Crippen LogP contribution in [0.1, 0.15) is 17.0 Å². The van der Waals surface area contributed by atoms with Crippen molar-refractivity contribution < 1.29 is 9.53 Å². The van der Waals surface area contributed by atoms with Gasteiger partial charge in [0.2, 0.25) is 0 Å². The number of esters is 1. The molecule has 0 spiro atoms. The normalized spacial score (nSPS) is 11.3. The van der Waals surface area contributed by atoms with Crippen LogP contribution in [0.15, 0.2) is 54.6 Å². The van der Waals surface area contributed by atoms with Gasteiger partial charge in [-0.15, -0.1) is 0 Å². The number of methoxy groups -OCH3 is 1. The maximum atomic E-state index is 11.2. The molecule has 0 bridgehead atoms. The first-order valence-electron chi connectivity index (χ1n) is 8.13. The van der Waals surface area contributed by atoms with E-state index in [-0.39, 0.29) is 5.97 Å². The van der Waals surface area contributed by atoms with Gasteiger partial charge in [0, 0.05) is 19.7 Å². The molecule has 1 N–H and O–H groups in total. The molecule has 0 saturated carbocycles. The van der Waals surface area contributed by atoms with Gasteiger partial charge in [0.05, 0.1) is 24.7 Å². The monoisotopic (exact) mass is 335 g/mol. The standard InChI is InChI=1S/C20H21N3O2/c1-23-18-10-8-15(9-11-20(24)25-2)12-17(18)22-19(23)14-21-13-16-6-4-3-5-7-16/h3-12,21H,13-14H2,1-2H3. The molecule has 0 aliphatic heterocycles. The van der Waals surface area contributed by atoms with Crippen molar-refractivity contribution in [3.63, 3.8) is 0 Å². The molecule has 5 heteroatoms. The zero-order chi connectivity index (χ0) is 17.6. The zero-order valence-electron chi connectivity index (χ0n) is 14.4. The molecular weight excluding hydrogens is 314 g/mol. The Morgan fingerprint density at radius 1 is 1.20 bits per heavy atom. The van der Waals surface area contributed by atoms with Crippen LogP contribution in [0.3, 0.4) is 0 Å². The van der Waals surface area contributed by atoms with E-state index in [0.717, 1.165) is 29.0 Å². The third-order valence-corrected chi connectivity index (χ3v) is 4.07. The highest BCUT2D eigenvalue weighted by molar-refractivity contribution is 5.88. The largest absolute Gasteiger partial charge is 0.466 e. The molecule has 128 valence electrons. The summed E-state index contributed by atoms with van der Waals surface area (Å²) in [6.45, 7) is 1.49. The van der Waals surface area contributed by atoms with Crippen LogP contribution in [0.4, 0.5) is 0 Å².